The van der Waals surface area contributed by atoms with Crippen LogP contribution in [0.4, 0.5) is 4.79 Å². The standard InChI is InChI=1S/C20H23NO6/c1-12-10-17(22)26-16-8-7-13(11-14(12)16)25-18(23)15-6-5-9-21(15)19(24)27-20(2,3)4/h7-8,10-11,15H,5-6,9H2,1-4H3. The van der Waals surface area contributed by atoms with Gasteiger partial charge in [-0.25, -0.2) is 14.4 Å². The Kier molecular flexibility index (Phi) is 4.95. The molecule has 2 aromatic rings. The number of rotatable bonds is 2. The number of benzene rings is 1. The van der Waals surface area contributed by atoms with Crippen molar-refractivity contribution in [3.05, 3.63) is 40.2 Å². The number of amides is 1. The summed E-state index contributed by atoms with van der Waals surface area (Å²) in [6, 6.07) is 5.51. The van der Waals surface area contributed by atoms with Crippen LogP contribution in [0.5, 0.6) is 5.75 Å². The van der Waals surface area contributed by atoms with E-state index in [0.717, 1.165) is 5.56 Å². The first-order valence-corrected chi connectivity index (χ1v) is 8.90. The molecule has 1 saturated heterocycles. The maximum atomic E-state index is 12.6. The van der Waals surface area contributed by atoms with E-state index >= 15 is 0 Å². The molecule has 1 unspecified atom stereocenters. The van der Waals surface area contributed by atoms with Crippen molar-refractivity contribution >= 4 is 23.0 Å². The maximum Gasteiger partial charge on any atom is 0.411 e. The van der Waals surface area contributed by atoms with Crippen LogP contribution < -0.4 is 10.4 Å². The molecule has 27 heavy (non-hydrogen) atoms. The number of esters is 1. The second-order valence-electron chi connectivity index (χ2n) is 7.66. The van der Waals surface area contributed by atoms with Gasteiger partial charge in [0.05, 0.1) is 0 Å². The van der Waals surface area contributed by atoms with Crippen LogP contribution in [0.2, 0.25) is 0 Å². The van der Waals surface area contributed by atoms with E-state index in [4.69, 9.17) is 13.9 Å². The van der Waals surface area contributed by atoms with E-state index in [0.29, 0.717) is 36.1 Å². The number of fused-ring (bicyclic) bond motifs is 1. The van der Waals surface area contributed by atoms with Crippen molar-refractivity contribution in [2.75, 3.05) is 6.54 Å². The number of carbonyl (C=O) groups is 2. The summed E-state index contributed by atoms with van der Waals surface area (Å²) in [5.41, 5.74) is 0.101. The number of nitrogens with zero attached hydrogens (tertiary/aromatic N) is 1. The van der Waals surface area contributed by atoms with Crippen molar-refractivity contribution in [1.82, 2.24) is 4.90 Å². The zero-order valence-electron chi connectivity index (χ0n) is 15.9. The van der Waals surface area contributed by atoms with Gasteiger partial charge in [-0.1, -0.05) is 0 Å². The molecule has 1 aliphatic heterocycles. The van der Waals surface area contributed by atoms with Crippen molar-refractivity contribution < 1.29 is 23.5 Å². The first-order chi connectivity index (χ1) is 12.6. The molecule has 0 spiro atoms. The van der Waals surface area contributed by atoms with Gasteiger partial charge in [-0.15, -0.1) is 0 Å². The minimum absolute atomic E-state index is 0.334. The fourth-order valence-electron chi connectivity index (χ4n) is 3.10. The molecule has 0 aliphatic carbocycles. The molecule has 1 aromatic heterocycles. The van der Waals surface area contributed by atoms with Gasteiger partial charge in [-0.3, -0.25) is 4.90 Å². The molecule has 1 aliphatic rings. The molecule has 2 heterocycles. The number of carbonyl (C=O) groups excluding carboxylic acids is 2. The Labute approximate surface area is 156 Å². The third-order valence-electron chi connectivity index (χ3n) is 4.29. The van der Waals surface area contributed by atoms with Gasteiger partial charge in [0.25, 0.3) is 0 Å². The summed E-state index contributed by atoms with van der Waals surface area (Å²) in [5.74, 6) is -0.173. The molecule has 0 N–H and O–H groups in total. The fraction of sp³-hybridized carbons (Fsp3) is 0.450. The highest BCUT2D eigenvalue weighted by Gasteiger charge is 2.37. The second kappa shape index (κ2) is 7.06. The quantitative estimate of drug-likeness (QED) is 0.456. The highest BCUT2D eigenvalue weighted by molar-refractivity contribution is 5.86. The molecule has 3 rings (SSSR count). The SMILES string of the molecule is Cc1cc(=O)oc2ccc(OC(=O)C3CCCN3C(=O)OC(C)(C)C)cc12. The van der Waals surface area contributed by atoms with Crippen molar-refractivity contribution in [2.24, 2.45) is 0 Å². The molecule has 1 atom stereocenters. The number of likely N-dealkylation sites (tertiary alicyclic amines) is 1. The normalized spacial score (nSPS) is 17.2. The smallest absolute Gasteiger partial charge is 0.411 e. The van der Waals surface area contributed by atoms with Gasteiger partial charge in [0, 0.05) is 18.0 Å². The Balaban J connectivity index is 1.77. The number of hydrogen-bond acceptors (Lipinski definition) is 6. The van der Waals surface area contributed by atoms with E-state index in [1.54, 1.807) is 45.9 Å². The summed E-state index contributed by atoms with van der Waals surface area (Å²) >= 11 is 0. The van der Waals surface area contributed by atoms with E-state index in [-0.39, 0.29) is 0 Å². The van der Waals surface area contributed by atoms with Crippen molar-refractivity contribution in [2.45, 2.75) is 52.2 Å². The minimum Gasteiger partial charge on any atom is -0.444 e. The lowest BCUT2D eigenvalue weighted by atomic mass is 10.1. The summed E-state index contributed by atoms with van der Waals surface area (Å²) in [4.78, 5) is 37.8. The minimum atomic E-state index is -0.676. The van der Waals surface area contributed by atoms with Crippen LogP contribution in [-0.4, -0.2) is 35.2 Å². The lowest BCUT2D eigenvalue weighted by molar-refractivity contribution is -0.139. The van der Waals surface area contributed by atoms with Crippen LogP contribution in [-0.2, 0) is 9.53 Å². The number of aryl methyl sites for hydroxylation is 1. The van der Waals surface area contributed by atoms with Crippen LogP contribution in [0, 0.1) is 6.92 Å². The number of ether oxygens (including phenoxy) is 2. The first-order valence-electron chi connectivity index (χ1n) is 8.90. The fourth-order valence-corrected chi connectivity index (χ4v) is 3.10. The zero-order chi connectivity index (χ0) is 19.8. The van der Waals surface area contributed by atoms with E-state index in [1.807, 2.05) is 0 Å². The van der Waals surface area contributed by atoms with Gasteiger partial charge in [-0.05, 0) is 64.3 Å². The van der Waals surface area contributed by atoms with Crippen LogP contribution in [0.1, 0.15) is 39.2 Å². The van der Waals surface area contributed by atoms with Crippen LogP contribution in [0.15, 0.2) is 33.5 Å². The Morgan fingerprint density at radius 2 is 1.96 bits per heavy atom. The molecule has 7 heteroatoms. The third-order valence-corrected chi connectivity index (χ3v) is 4.29. The van der Waals surface area contributed by atoms with Crippen LogP contribution >= 0.6 is 0 Å². The molecule has 1 fully saturated rings. The predicted octanol–water partition coefficient (Wildman–Crippen LogP) is 3.41. The summed E-state index contributed by atoms with van der Waals surface area (Å²) < 4.78 is 16.0. The Morgan fingerprint density at radius 3 is 2.67 bits per heavy atom. The average molecular weight is 373 g/mol. The topological polar surface area (TPSA) is 86.0 Å². The molecular formula is C20H23NO6. The van der Waals surface area contributed by atoms with Gasteiger partial charge in [-0.2, -0.15) is 0 Å². The highest BCUT2D eigenvalue weighted by Crippen LogP contribution is 2.26. The largest absolute Gasteiger partial charge is 0.444 e. The Hall–Kier alpha value is -2.83. The summed E-state index contributed by atoms with van der Waals surface area (Å²) in [7, 11) is 0. The molecule has 0 bridgehead atoms. The second-order valence-corrected chi connectivity index (χ2v) is 7.66. The molecule has 1 amide bonds. The van der Waals surface area contributed by atoms with Crippen molar-refractivity contribution in [1.29, 1.82) is 0 Å². The van der Waals surface area contributed by atoms with E-state index in [1.165, 1.54) is 11.0 Å². The van der Waals surface area contributed by atoms with Gasteiger partial charge < -0.3 is 13.9 Å². The van der Waals surface area contributed by atoms with Crippen molar-refractivity contribution in [3.63, 3.8) is 0 Å². The zero-order valence-corrected chi connectivity index (χ0v) is 15.9. The van der Waals surface area contributed by atoms with Gasteiger partial charge in [0.15, 0.2) is 0 Å². The first kappa shape index (κ1) is 18.9. The monoisotopic (exact) mass is 373 g/mol. The van der Waals surface area contributed by atoms with Gasteiger partial charge >= 0.3 is 17.7 Å². The van der Waals surface area contributed by atoms with Gasteiger partial charge in [0.1, 0.15) is 23.0 Å². The Bertz CT molecular complexity index is 940. The molecule has 144 valence electrons. The summed E-state index contributed by atoms with van der Waals surface area (Å²) in [5, 5.41) is 0.690. The molecule has 0 radical (unpaired) electrons. The highest BCUT2D eigenvalue weighted by atomic mass is 16.6. The van der Waals surface area contributed by atoms with Gasteiger partial charge in [0.2, 0.25) is 0 Å². The van der Waals surface area contributed by atoms with Crippen molar-refractivity contribution in [3.8, 4) is 5.75 Å². The van der Waals surface area contributed by atoms with E-state index in [9.17, 15) is 14.4 Å². The van der Waals surface area contributed by atoms with E-state index < -0.39 is 29.3 Å². The third kappa shape index (κ3) is 4.30. The predicted molar refractivity (Wildman–Crippen MR) is 98.8 cm³/mol. The summed E-state index contributed by atoms with van der Waals surface area (Å²) in [6.45, 7) is 7.58. The molecule has 0 saturated carbocycles. The van der Waals surface area contributed by atoms with E-state index in [2.05, 4.69) is 0 Å². The average Bonchev–Trinajstić information content (AvgIpc) is 3.03. The lowest BCUT2D eigenvalue weighted by Gasteiger charge is -2.27. The molecule has 1 aromatic carbocycles. The van der Waals surface area contributed by atoms with Crippen LogP contribution in [0.25, 0.3) is 11.0 Å². The molecular weight excluding hydrogens is 350 g/mol. The number of hydrogen-bond donors (Lipinski definition) is 0. The lowest BCUT2D eigenvalue weighted by Crippen LogP contribution is -2.44. The summed E-state index contributed by atoms with van der Waals surface area (Å²) in [6.07, 6.45) is 0.721. The maximum absolute atomic E-state index is 12.6. The molecule has 7 nitrogen and oxygen atoms in total. The van der Waals surface area contributed by atoms with Crippen LogP contribution in [0.3, 0.4) is 0 Å². The Morgan fingerprint density at radius 1 is 1.22 bits per heavy atom.